The average Bonchev–Trinajstić information content (AvgIpc) is 1.40. The number of ketones is 4. The molecule has 5 rings (SSSR count). The van der Waals surface area contributed by atoms with Crippen molar-refractivity contribution >= 4 is 129 Å². The van der Waals surface area contributed by atoms with Gasteiger partial charge in [-0.3, -0.25) is 95.9 Å². The number of aliphatic carboxylic acids is 1. The Hall–Kier alpha value is -13.2. The second-order valence-electron chi connectivity index (χ2n) is 36.9. The van der Waals surface area contributed by atoms with E-state index in [0.29, 0.717) is 59.7 Å². The fourth-order valence-corrected chi connectivity index (χ4v) is 15.5. The molecule has 4 aromatic rings. The number of benzene rings is 3. The quantitative estimate of drug-likeness (QED) is 0.0165. The number of allylic oxidation sites excluding steroid dienone is 2. The molecular weight excluding hydrogens is 1800 g/mol. The number of aliphatic hydroxyl groups is 1. The molecule has 1 aliphatic heterocycles. The van der Waals surface area contributed by atoms with Crippen LogP contribution in [0, 0.1) is 17.8 Å². The van der Waals surface area contributed by atoms with Crippen LogP contribution in [-0.4, -0.2) is 259 Å². The summed E-state index contributed by atoms with van der Waals surface area (Å²) in [7, 11) is 1.42. The van der Waals surface area contributed by atoms with Crippen molar-refractivity contribution in [3.05, 3.63) is 114 Å². The number of aromatic hydroxyl groups is 1. The molecule has 42 nitrogen and oxygen atoms in total. The lowest BCUT2D eigenvalue weighted by molar-refractivity contribution is -0.140. The van der Waals surface area contributed by atoms with Crippen molar-refractivity contribution in [3.63, 3.8) is 0 Å². The molecule has 3 unspecified atom stereocenters. The van der Waals surface area contributed by atoms with E-state index in [1.807, 2.05) is 12.2 Å². The Balaban J connectivity index is 0.0000403. The van der Waals surface area contributed by atoms with Crippen molar-refractivity contribution in [1.82, 2.24) is 89.9 Å². The van der Waals surface area contributed by atoms with Crippen molar-refractivity contribution < 1.29 is 111 Å². The van der Waals surface area contributed by atoms with Crippen LogP contribution in [-0.2, 0) is 115 Å². The number of nitrogens with one attached hydrogen (secondary N) is 16. The molecule has 1 aromatic heterocycles. The molecule has 17 atom stereocenters. The summed E-state index contributed by atoms with van der Waals surface area (Å²) in [4.78, 5) is 283. The molecule has 0 bridgehead atoms. The van der Waals surface area contributed by atoms with E-state index in [-0.39, 0.29) is 89.5 Å². The molecule has 1 aliphatic rings. The van der Waals surface area contributed by atoms with Crippen LogP contribution < -0.4 is 91.3 Å². The van der Waals surface area contributed by atoms with Crippen LogP contribution in [0.1, 0.15) is 217 Å². The number of phenolic OH excluding ortho intramolecular Hbond substituents is 1. The summed E-state index contributed by atoms with van der Waals surface area (Å²) in [5.41, 5.74) is 11.4. The maximum absolute atomic E-state index is 15.6. The molecule has 0 fully saturated rings. The Morgan fingerprint density at radius 1 is 0.532 bits per heavy atom. The van der Waals surface area contributed by atoms with Gasteiger partial charge in [-0.05, 0) is 173 Å². The molecule has 139 heavy (non-hydrogen) atoms. The van der Waals surface area contributed by atoms with Gasteiger partial charge in [0.05, 0.1) is 42.7 Å². The van der Waals surface area contributed by atoms with E-state index in [2.05, 4.69) is 84.8 Å². The Labute approximate surface area is 810 Å². The van der Waals surface area contributed by atoms with Crippen molar-refractivity contribution in [1.29, 1.82) is 0 Å². The first-order valence-corrected chi connectivity index (χ1v) is 46.6. The summed E-state index contributed by atoms with van der Waals surface area (Å²) >= 11 is 0. The largest absolute Gasteiger partial charge is 0.508 e. The lowest BCUT2D eigenvalue weighted by Gasteiger charge is -2.34. The molecule has 0 saturated carbocycles. The number of primary amides is 2. The van der Waals surface area contributed by atoms with Gasteiger partial charge in [0, 0.05) is 69.7 Å². The SMILES string of the molecule is C.CC(=O)N[C@@H](CC(C)C)C(=O)N[C@H](C(=O)N[C@@H](Cc1ccccc1)C(=O)N[C@]1(C)CCCCCC/C=C/CCC[C@@](C)(C(=O)NC(C)C(=O)N[C@@H](C)C(=O)NC(C)C(=O)N[C@@H](C)C(=O)C(=O)[C@H](C)NN(C)CC(N)=O)NC(=O)[C@H](CC(C)C)CN[C@@H](CCC(N)=O)C(=O)C(=O)[C@H](C)NC(=O)[C@H](Cc2c[nH]c3ccccc23)NC(=O)C(Cc2ccc(O)cc2)NC(=O)[C@H](CCC(=O)O)NC1=O)[C@@H](C)O. The zero-order valence-electron chi connectivity index (χ0n) is 81.3. The van der Waals surface area contributed by atoms with Crippen LogP contribution in [0.3, 0.4) is 0 Å². The minimum atomic E-state index is -2.08. The van der Waals surface area contributed by atoms with Crippen molar-refractivity contribution in [2.45, 2.75) is 316 Å². The number of rotatable bonds is 39. The number of para-hydroxylation sites is 1. The van der Waals surface area contributed by atoms with Crippen molar-refractivity contribution in [2.75, 3.05) is 20.1 Å². The number of aromatic nitrogens is 1. The third-order valence-corrected chi connectivity index (χ3v) is 23.4. The summed E-state index contributed by atoms with van der Waals surface area (Å²) in [6.45, 7) is 19.4. The number of Topliss-reactive ketones (excluding diaryl/α,β-unsaturated/α-hetero) is 4. The number of hydrogen-bond acceptors (Lipinski definition) is 25. The molecule has 15 amide bonds. The smallest absolute Gasteiger partial charge is 0.303 e. The van der Waals surface area contributed by atoms with E-state index >= 15 is 28.8 Å². The monoisotopic (exact) mass is 1940 g/mol. The molecule has 3 aromatic carbocycles. The lowest BCUT2D eigenvalue weighted by Crippen LogP contribution is -2.65. The third-order valence-electron chi connectivity index (χ3n) is 23.4. The van der Waals surface area contributed by atoms with Gasteiger partial charge >= 0.3 is 5.97 Å². The molecule has 42 heteroatoms. The van der Waals surface area contributed by atoms with E-state index < -0.39 is 251 Å². The van der Waals surface area contributed by atoms with Gasteiger partial charge in [-0.1, -0.05) is 127 Å². The first-order chi connectivity index (χ1) is 64.8. The fourth-order valence-electron chi connectivity index (χ4n) is 15.5. The molecule has 766 valence electrons. The Morgan fingerprint density at radius 2 is 1.09 bits per heavy atom. The Morgan fingerprint density at radius 3 is 1.67 bits per heavy atom. The number of carboxylic acid groups (broad SMARTS) is 1. The van der Waals surface area contributed by atoms with Crippen LogP contribution in [0.5, 0.6) is 5.75 Å². The number of hydrogen-bond donors (Lipinski definition) is 21. The minimum Gasteiger partial charge on any atom is -0.508 e. The highest BCUT2D eigenvalue weighted by Gasteiger charge is 2.44. The predicted molar refractivity (Wildman–Crippen MR) is 515 cm³/mol. The van der Waals surface area contributed by atoms with Crippen molar-refractivity contribution in [2.24, 2.45) is 29.2 Å². The van der Waals surface area contributed by atoms with Crippen LogP contribution in [0.25, 0.3) is 10.9 Å². The van der Waals surface area contributed by atoms with Gasteiger partial charge in [-0.15, -0.1) is 0 Å². The number of nitrogens with two attached hydrogens (primary N) is 2. The highest BCUT2D eigenvalue weighted by Crippen LogP contribution is 2.25. The Bertz CT molecular complexity index is 4970. The molecule has 0 saturated heterocycles. The average molecular weight is 1950 g/mol. The number of aliphatic hydroxyl groups excluding tert-OH is 1. The minimum absolute atomic E-state index is 0. The highest BCUT2D eigenvalue weighted by molar-refractivity contribution is 6.41. The second kappa shape index (κ2) is 57.2. The summed E-state index contributed by atoms with van der Waals surface area (Å²) in [5.74, 6) is -21.1. The topological polar surface area (TPSA) is 654 Å². The molecule has 0 radical (unpaired) electrons. The second-order valence-corrected chi connectivity index (χ2v) is 36.9. The van der Waals surface area contributed by atoms with Gasteiger partial charge in [0.2, 0.25) is 112 Å². The number of H-pyrrole nitrogens is 1. The first kappa shape index (κ1) is 118. The standard InChI is InChI=1S/C96H141N19O23.CH4/c1-52(2)44-65-50-100-69(38-40-75(97)119)82(126)80(124)55(6)102-88(132)74(48-64-49-99-68-33-27-26-32-67(64)68)108-89(133)72(47-63-34-36-66(118)37-35-63)107-87(131)70(39-41-77(121)122)110-94(138)96(14,113-91(135)73(46-62-30-24-23-25-31-62)109-92(136)78(60(11)116)111-90(134)71(45-53(3)4)106-61(12)117)43-29-22-20-18-16-17-19-21-28-42-95(13,112-86(65)130)93(137)105-59(10)85(129)104-58(9)84(128)103-57(8)83(127)101-54(5)79(123)81(125)56(7)114-115(15)51-76(98)120;/h17,19,23-27,30-37,49,52-60,65,69-74,78,99-100,114,116,118H,16,18,20-22,28-29,38-48,50-51H2,1-15H3,(H2,97,119)(H2,98,120)(H,101,127)(H,102,132)(H,103,128)(H,104,129)(H,105,137)(H,106,117)(H,107,131)(H,108,133)(H,109,136)(H,110,138)(H,111,134)(H,112,130)(H,113,135)(H,121,122);1H4/b19-17+;/t54-,55-,56-,57?,58-,59?,60+,65+,69-,70-,71-,72?,73-,74-,78-,95-,96+;/m0./s1. The lowest BCUT2D eigenvalue weighted by atomic mass is 9.89. The number of nitrogens with zero attached hydrogens (tertiary/aromatic N) is 1. The maximum Gasteiger partial charge on any atom is 0.303 e. The number of aromatic amines is 1. The summed E-state index contributed by atoms with van der Waals surface area (Å²) in [6.07, 6.45) is 2.86. The zero-order chi connectivity index (χ0) is 103. The van der Waals surface area contributed by atoms with E-state index in [1.54, 1.807) is 88.5 Å². The maximum atomic E-state index is 15.6. The number of carbonyl (C=O) groups is 20. The van der Waals surface area contributed by atoms with Crippen LogP contribution in [0.15, 0.2) is 97.2 Å². The van der Waals surface area contributed by atoms with E-state index in [0.717, 1.165) is 0 Å². The van der Waals surface area contributed by atoms with Gasteiger partial charge < -0.3 is 106 Å². The van der Waals surface area contributed by atoms with Crippen LogP contribution in [0.4, 0.5) is 0 Å². The number of amides is 15. The fraction of sp³-hybridized carbons (Fsp3) is 0.567. The number of hydrazine groups is 1. The van der Waals surface area contributed by atoms with E-state index in [1.165, 1.54) is 106 Å². The van der Waals surface area contributed by atoms with Gasteiger partial charge in [-0.2, -0.15) is 0 Å². The van der Waals surface area contributed by atoms with Crippen molar-refractivity contribution in [3.8, 4) is 5.75 Å². The molecule has 0 spiro atoms. The van der Waals surface area contributed by atoms with Gasteiger partial charge in [0.25, 0.3) is 0 Å². The van der Waals surface area contributed by atoms with Crippen LogP contribution >= 0.6 is 0 Å². The van der Waals surface area contributed by atoms with Gasteiger partial charge in [-0.25, -0.2) is 10.4 Å². The van der Waals surface area contributed by atoms with Crippen LogP contribution in [0.2, 0.25) is 0 Å². The number of fused-ring (bicyclic) bond motifs is 1. The third kappa shape index (κ3) is 39.7. The van der Waals surface area contributed by atoms with Gasteiger partial charge in [0.1, 0.15) is 71.2 Å². The summed E-state index contributed by atoms with van der Waals surface area (Å²) in [5, 5.41) is 70.3. The number of likely N-dealkylation sites (N-methyl/N-ethyl adjacent to an activating group) is 1. The normalized spacial score (nSPS) is 21.7. The molecule has 0 aliphatic carbocycles. The van der Waals surface area contributed by atoms with E-state index in [4.69, 9.17) is 11.5 Å². The zero-order valence-corrected chi connectivity index (χ0v) is 81.3. The number of carbonyl (C=O) groups excluding carboxylic acids is 19. The van der Waals surface area contributed by atoms with Gasteiger partial charge in [0.15, 0.2) is 0 Å². The Kier molecular flexibility index (Phi) is 48.6. The van der Waals surface area contributed by atoms with E-state index in [9.17, 15) is 82.4 Å². The summed E-state index contributed by atoms with van der Waals surface area (Å²) < 4.78 is 0. The molecule has 23 N–H and O–H groups in total. The number of phenols is 1. The number of carboxylic acids is 1. The highest BCUT2D eigenvalue weighted by atomic mass is 16.4. The molecule has 2 heterocycles. The predicted octanol–water partition coefficient (Wildman–Crippen LogP) is 0.584. The summed E-state index contributed by atoms with van der Waals surface area (Å²) in [6, 6.07) is 0.971. The molecular formula is C97H145N19O23. The first-order valence-electron chi connectivity index (χ1n) is 46.6.